The van der Waals surface area contributed by atoms with E-state index in [4.69, 9.17) is 4.98 Å². The van der Waals surface area contributed by atoms with Crippen LogP contribution in [0.2, 0.25) is 0 Å². The van der Waals surface area contributed by atoms with E-state index in [1.54, 1.807) is 10.5 Å². The third-order valence-corrected chi connectivity index (χ3v) is 11.5. The van der Waals surface area contributed by atoms with Gasteiger partial charge >= 0.3 is 0 Å². The molecule has 0 fully saturated rings. The van der Waals surface area contributed by atoms with Crippen LogP contribution in [-0.2, 0) is 0 Å². The zero-order chi connectivity index (χ0) is 24.5. The van der Waals surface area contributed by atoms with Crippen molar-refractivity contribution in [3.8, 4) is 22.5 Å². The van der Waals surface area contributed by atoms with Crippen LogP contribution in [0.4, 0.5) is 0 Å². The molecule has 6 heteroatoms. The van der Waals surface area contributed by atoms with E-state index in [1.165, 1.54) is 27.3 Å². The van der Waals surface area contributed by atoms with Crippen molar-refractivity contribution < 1.29 is 12.4 Å². The number of nitrogens with zero attached hydrogens (tertiary/aromatic N) is 2. The van der Waals surface area contributed by atoms with Crippen LogP contribution in [0.5, 0.6) is 0 Å². The summed E-state index contributed by atoms with van der Waals surface area (Å²) in [7, 11) is -1.99. The van der Waals surface area contributed by atoms with Gasteiger partial charge in [0.2, 0.25) is 0 Å². The molecule has 182 valence electrons. The van der Waals surface area contributed by atoms with E-state index in [0.717, 1.165) is 22.5 Å². The molecule has 0 aliphatic heterocycles. The van der Waals surface area contributed by atoms with Gasteiger partial charge in [0.15, 0.2) is 4.96 Å². The molecule has 0 amide bonds. The van der Waals surface area contributed by atoms with Crippen LogP contribution < -0.4 is 33.9 Å². The third-order valence-electron chi connectivity index (χ3n) is 6.68. The summed E-state index contributed by atoms with van der Waals surface area (Å²) in [5.41, 5.74) is 3.54. The molecule has 0 atom stereocenters. The Morgan fingerprint density at radius 3 is 1.89 bits per heavy atom. The summed E-state index contributed by atoms with van der Waals surface area (Å²) in [6.07, 6.45) is 0. The van der Waals surface area contributed by atoms with E-state index >= 15 is 0 Å². The first-order chi connectivity index (χ1) is 17.7. The molecule has 6 rings (SSSR count). The van der Waals surface area contributed by atoms with Crippen molar-refractivity contribution in [3.05, 3.63) is 137 Å². The SMILES string of the molecule is C[P+](c1ccccc1)(c1ccccc1)c1ccccc1-c1cc(=O)n2c(-c3ccccc3)csc2n1.[Cl-]. The number of thiazole rings is 1. The lowest BCUT2D eigenvalue weighted by Crippen LogP contribution is -3.00. The molecular formula is C31H24ClN2OPS. The lowest BCUT2D eigenvalue weighted by atomic mass is 10.1. The Morgan fingerprint density at radius 1 is 0.730 bits per heavy atom. The Labute approximate surface area is 226 Å². The molecule has 4 aromatic carbocycles. The zero-order valence-corrected chi connectivity index (χ0v) is 22.6. The van der Waals surface area contributed by atoms with E-state index in [9.17, 15) is 4.79 Å². The summed E-state index contributed by atoms with van der Waals surface area (Å²) in [4.78, 5) is 19.2. The highest BCUT2D eigenvalue weighted by molar-refractivity contribution is 7.95. The maximum absolute atomic E-state index is 13.5. The van der Waals surface area contributed by atoms with Crippen molar-refractivity contribution in [1.29, 1.82) is 0 Å². The minimum Gasteiger partial charge on any atom is -1.00 e. The second-order valence-electron chi connectivity index (χ2n) is 8.78. The highest BCUT2D eigenvalue weighted by Crippen LogP contribution is 2.53. The highest BCUT2D eigenvalue weighted by atomic mass is 35.5. The number of benzene rings is 4. The van der Waals surface area contributed by atoms with Gasteiger partial charge in [-0.3, -0.25) is 9.20 Å². The van der Waals surface area contributed by atoms with Gasteiger partial charge in [-0.1, -0.05) is 78.9 Å². The number of halogens is 1. The Bertz CT molecular complexity index is 1680. The number of aromatic nitrogens is 2. The molecule has 0 unspecified atom stereocenters. The summed E-state index contributed by atoms with van der Waals surface area (Å²) in [5, 5.41) is 5.83. The Kier molecular flexibility index (Phi) is 7.08. The molecule has 6 aromatic rings. The molecular weight excluding hydrogens is 515 g/mol. The maximum atomic E-state index is 13.5. The van der Waals surface area contributed by atoms with Crippen LogP contribution in [0.1, 0.15) is 0 Å². The first-order valence-electron chi connectivity index (χ1n) is 11.8. The number of fused-ring (bicyclic) bond motifs is 1. The van der Waals surface area contributed by atoms with Crippen LogP contribution in [0.3, 0.4) is 0 Å². The van der Waals surface area contributed by atoms with Crippen molar-refractivity contribution in [1.82, 2.24) is 9.38 Å². The fourth-order valence-corrected chi connectivity index (χ4v) is 9.18. The molecule has 0 aliphatic rings. The summed E-state index contributed by atoms with van der Waals surface area (Å²) in [6.45, 7) is 2.36. The van der Waals surface area contributed by atoms with Gasteiger partial charge in [0.25, 0.3) is 5.56 Å². The molecule has 2 aromatic heterocycles. The molecule has 0 N–H and O–H groups in total. The minimum absolute atomic E-state index is 0. The van der Waals surface area contributed by atoms with Crippen molar-refractivity contribution >= 4 is 39.5 Å². The van der Waals surface area contributed by atoms with Gasteiger partial charge < -0.3 is 12.4 Å². The van der Waals surface area contributed by atoms with Crippen molar-refractivity contribution in [3.63, 3.8) is 0 Å². The predicted molar refractivity (Wildman–Crippen MR) is 155 cm³/mol. The average molecular weight is 539 g/mol. The zero-order valence-electron chi connectivity index (χ0n) is 20.2. The van der Waals surface area contributed by atoms with Crippen LogP contribution in [0.25, 0.3) is 27.5 Å². The van der Waals surface area contributed by atoms with Crippen molar-refractivity contribution in [2.75, 3.05) is 6.66 Å². The smallest absolute Gasteiger partial charge is 0.259 e. The van der Waals surface area contributed by atoms with E-state index in [1.807, 2.05) is 41.8 Å². The number of hydrogen-bond acceptors (Lipinski definition) is 3. The lowest BCUT2D eigenvalue weighted by molar-refractivity contribution is -0.00000701. The van der Waals surface area contributed by atoms with Crippen LogP contribution in [0.15, 0.2) is 132 Å². The van der Waals surface area contributed by atoms with E-state index < -0.39 is 7.26 Å². The molecule has 0 aliphatic carbocycles. The normalized spacial score (nSPS) is 11.3. The van der Waals surface area contributed by atoms with E-state index in [0.29, 0.717) is 4.96 Å². The van der Waals surface area contributed by atoms with E-state index in [2.05, 4.69) is 85.5 Å². The highest BCUT2D eigenvalue weighted by Gasteiger charge is 2.42. The largest absolute Gasteiger partial charge is 1.00 e. The standard InChI is InChI=1S/C31H24N2OPS.ClH/c1-35(24-15-7-3-8-16-24,25-17-9-4-10-18-25)29-20-12-11-19-26(29)27-21-30(34)33-28(22-36-31(33)32-27)23-13-5-2-6-14-23;/h2-22H,1H3;1H/q+1;/p-1. The van der Waals surface area contributed by atoms with Gasteiger partial charge in [0.05, 0.1) is 18.1 Å². The molecule has 2 heterocycles. The first-order valence-corrected chi connectivity index (χ1v) is 14.9. The molecule has 37 heavy (non-hydrogen) atoms. The average Bonchev–Trinajstić information content (AvgIpc) is 3.39. The molecule has 0 spiro atoms. The van der Waals surface area contributed by atoms with Crippen molar-refractivity contribution in [2.45, 2.75) is 0 Å². The van der Waals surface area contributed by atoms with Crippen LogP contribution >= 0.6 is 18.6 Å². The topological polar surface area (TPSA) is 34.4 Å². The Morgan fingerprint density at radius 2 is 1.27 bits per heavy atom. The summed E-state index contributed by atoms with van der Waals surface area (Å²) < 4.78 is 1.72. The predicted octanol–water partition coefficient (Wildman–Crippen LogP) is 3.02. The fourth-order valence-electron chi connectivity index (χ4n) is 4.83. The molecule has 3 nitrogen and oxygen atoms in total. The second kappa shape index (κ2) is 10.4. The Hall–Kier alpha value is -3.56. The molecule has 0 radical (unpaired) electrons. The second-order valence-corrected chi connectivity index (χ2v) is 13.1. The maximum Gasteiger partial charge on any atom is 0.259 e. The van der Waals surface area contributed by atoms with Gasteiger partial charge in [-0.15, -0.1) is 11.3 Å². The lowest BCUT2D eigenvalue weighted by Gasteiger charge is -2.25. The minimum atomic E-state index is -1.99. The Balaban J connectivity index is 0.00000280. The van der Waals surface area contributed by atoms with Gasteiger partial charge in [0, 0.05) is 17.0 Å². The summed E-state index contributed by atoms with van der Waals surface area (Å²) in [6, 6.07) is 41.5. The number of rotatable bonds is 5. The third kappa shape index (κ3) is 4.42. The first kappa shape index (κ1) is 25.1. The van der Waals surface area contributed by atoms with Gasteiger partial charge in [-0.05, 0) is 42.0 Å². The summed E-state index contributed by atoms with van der Waals surface area (Å²) in [5.74, 6) is 0. The van der Waals surface area contributed by atoms with Crippen molar-refractivity contribution in [2.24, 2.45) is 0 Å². The van der Waals surface area contributed by atoms with Gasteiger partial charge in [-0.25, -0.2) is 4.98 Å². The van der Waals surface area contributed by atoms with E-state index in [-0.39, 0.29) is 18.0 Å². The number of hydrogen-bond donors (Lipinski definition) is 0. The fraction of sp³-hybridized carbons (Fsp3) is 0.0323. The van der Waals surface area contributed by atoms with Gasteiger partial charge in [0.1, 0.15) is 23.2 Å². The molecule has 0 saturated heterocycles. The molecule has 0 saturated carbocycles. The van der Waals surface area contributed by atoms with Crippen LogP contribution in [0, 0.1) is 0 Å². The van der Waals surface area contributed by atoms with Gasteiger partial charge in [-0.2, -0.15) is 0 Å². The summed E-state index contributed by atoms with van der Waals surface area (Å²) >= 11 is 1.50. The monoisotopic (exact) mass is 538 g/mol. The quantitative estimate of drug-likeness (QED) is 0.316. The van der Waals surface area contributed by atoms with Crippen LogP contribution in [-0.4, -0.2) is 16.0 Å². The molecule has 0 bridgehead atoms.